The number of hydrogen-bond acceptors (Lipinski definition) is 5. The maximum atomic E-state index is 13.0. The molecule has 0 aliphatic carbocycles. The quantitative estimate of drug-likeness (QED) is 0.533. The molecule has 3 aromatic carbocycles. The number of carbonyl (C=O) groups excluding carboxylic acids is 1. The molecule has 1 heterocycles. The van der Waals surface area contributed by atoms with Crippen LogP contribution in [0.5, 0.6) is 0 Å². The second kappa shape index (κ2) is 10.6. The molecule has 7 nitrogen and oxygen atoms in total. The first kappa shape index (κ1) is 23.0. The van der Waals surface area contributed by atoms with Crippen LogP contribution in [0.1, 0.15) is 22.0 Å². The second-order valence-electron chi connectivity index (χ2n) is 7.85. The zero-order valence-corrected chi connectivity index (χ0v) is 19.0. The Kier molecular flexibility index (Phi) is 7.39. The van der Waals surface area contributed by atoms with Gasteiger partial charge >= 0.3 is 0 Å². The number of morpholine rings is 1. The number of carbonyl (C=O) groups is 1. The molecule has 8 heteroatoms. The minimum absolute atomic E-state index is 0.173. The Balaban J connectivity index is 1.44. The molecule has 0 unspecified atom stereocenters. The number of sulfonamides is 1. The Bertz CT molecular complexity index is 1150. The summed E-state index contributed by atoms with van der Waals surface area (Å²) < 4.78 is 33.0. The number of ether oxygens (including phenoxy) is 1. The van der Waals surface area contributed by atoms with Gasteiger partial charge in [0.1, 0.15) is 0 Å². The lowest BCUT2D eigenvalue weighted by Gasteiger charge is -2.31. The van der Waals surface area contributed by atoms with Crippen LogP contribution in [-0.4, -0.2) is 52.1 Å². The highest BCUT2D eigenvalue weighted by Crippen LogP contribution is 2.19. The van der Waals surface area contributed by atoms with Crippen LogP contribution < -0.4 is 10.0 Å². The summed E-state index contributed by atoms with van der Waals surface area (Å²) in [5, 5.41) is 3.13. The van der Waals surface area contributed by atoms with Gasteiger partial charge in [-0.1, -0.05) is 48.5 Å². The molecular formula is C25H27N3O4S. The minimum atomic E-state index is -3.68. The van der Waals surface area contributed by atoms with Gasteiger partial charge in [0.15, 0.2) is 0 Å². The number of anilines is 1. The van der Waals surface area contributed by atoms with Crippen molar-refractivity contribution in [1.29, 1.82) is 0 Å². The van der Waals surface area contributed by atoms with Crippen LogP contribution in [0, 0.1) is 0 Å². The first-order valence-electron chi connectivity index (χ1n) is 10.9. The lowest BCUT2D eigenvalue weighted by molar-refractivity contribution is 0.0332. The van der Waals surface area contributed by atoms with E-state index in [4.69, 9.17) is 4.74 Å². The van der Waals surface area contributed by atoms with Gasteiger partial charge in [-0.05, 0) is 42.0 Å². The van der Waals surface area contributed by atoms with Crippen molar-refractivity contribution in [3.05, 3.63) is 96.1 Å². The van der Waals surface area contributed by atoms with E-state index in [-0.39, 0.29) is 16.8 Å². The van der Waals surface area contributed by atoms with Gasteiger partial charge in [-0.3, -0.25) is 14.4 Å². The minimum Gasteiger partial charge on any atom is -0.379 e. The standard InChI is InChI=1S/C25H27N3O4S/c29-25(26-24(20-7-3-1-4-8-20)19-28-15-17-32-18-16-28)21-11-13-22(14-12-21)27-33(30,31)23-9-5-2-6-10-23/h1-14,24,27H,15-19H2,(H,26,29)/t24-/m1/s1. The summed E-state index contributed by atoms with van der Waals surface area (Å²) in [6, 6.07) is 24.3. The van der Waals surface area contributed by atoms with E-state index >= 15 is 0 Å². The topological polar surface area (TPSA) is 87.7 Å². The average Bonchev–Trinajstić information content (AvgIpc) is 2.85. The zero-order valence-electron chi connectivity index (χ0n) is 18.2. The molecule has 33 heavy (non-hydrogen) atoms. The van der Waals surface area contributed by atoms with Crippen molar-refractivity contribution >= 4 is 21.6 Å². The summed E-state index contributed by atoms with van der Waals surface area (Å²) in [7, 11) is -3.68. The summed E-state index contributed by atoms with van der Waals surface area (Å²) in [6.45, 7) is 3.73. The van der Waals surface area contributed by atoms with Crippen molar-refractivity contribution in [3.63, 3.8) is 0 Å². The predicted molar refractivity (Wildman–Crippen MR) is 128 cm³/mol. The molecular weight excluding hydrogens is 438 g/mol. The highest BCUT2D eigenvalue weighted by molar-refractivity contribution is 7.92. The van der Waals surface area contributed by atoms with Crippen molar-refractivity contribution in [2.24, 2.45) is 0 Å². The second-order valence-corrected chi connectivity index (χ2v) is 9.53. The maximum Gasteiger partial charge on any atom is 0.261 e. The molecule has 1 amide bonds. The Hall–Kier alpha value is -3.20. The summed E-state index contributed by atoms with van der Waals surface area (Å²) >= 11 is 0. The van der Waals surface area contributed by atoms with Crippen LogP contribution in [0.3, 0.4) is 0 Å². The number of nitrogens with zero attached hydrogens (tertiary/aromatic N) is 1. The fourth-order valence-corrected chi connectivity index (χ4v) is 4.79. The third-order valence-electron chi connectivity index (χ3n) is 5.50. The number of rotatable bonds is 8. The van der Waals surface area contributed by atoms with Crippen LogP contribution in [0.4, 0.5) is 5.69 Å². The molecule has 2 N–H and O–H groups in total. The molecule has 3 aromatic rings. The highest BCUT2D eigenvalue weighted by Gasteiger charge is 2.21. The third kappa shape index (κ3) is 6.19. The van der Waals surface area contributed by atoms with E-state index in [1.807, 2.05) is 30.3 Å². The predicted octanol–water partition coefficient (Wildman–Crippen LogP) is 3.29. The molecule has 0 bridgehead atoms. The van der Waals surface area contributed by atoms with E-state index in [9.17, 15) is 13.2 Å². The van der Waals surface area contributed by atoms with E-state index in [1.165, 1.54) is 12.1 Å². The van der Waals surface area contributed by atoms with Crippen molar-refractivity contribution in [1.82, 2.24) is 10.2 Å². The fraction of sp³-hybridized carbons (Fsp3) is 0.240. The van der Waals surface area contributed by atoms with Crippen molar-refractivity contribution < 1.29 is 17.9 Å². The number of nitrogens with one attached hydrogen (secondary N) is 2. The number of amides is 1. The van der Waals surface area contributed by atoms with E-state index in [1.54, 1.807) is 42.5 Å². The Morgan fingerprint density at radius 3 is 2.12 bits per heavy atom. The fourth-order valence-electron chi connectivity index (χ4n) is 3.71. The molecule has 1 fully saturated rings. The van der Waals surface area contributed by atoms with Gasteiger partial charge in [0.05, 0.1) is 24.2 Å². The monoisotopic (exact) mass is 465 g/mol. The summed E-state index contributed by atoms with van der Waals surface area (Å²) in [6.07, 6.45) is 0. The summed E-state index contributed by atoms with van der Waals surface area (Å²) in [5.41, 5.74) is 1.88. The number of hydrogen-bond donors (Lipinski definition) is 2. The molecule has 0 aromatic heterocycles. The molecule has 1 aliphatic rings. The third-order valence-corrected chi connectivity index (χ3v) is 6.90. The lowest BCUT2D eigenvalue weighted by Crippen LogP contribution is -2.43. The van der Waals surface area contributed by atoms with Crippen LogP contribution in [0.15, 0.2) is 89.8 Å². The molecule has 1 saturated heterocycles. The first-order chi connectivity index (χ1) is 16.0. The normalized spacial score (nSPS) is 15.5. The van der Waals surface area contributed by atoms with Gasteiger partial charge in [-0.25, -0.2) is 8.42 Å². The molecule has 0 radical (unpaired) electrons. The first-order valence-corrected chi connectivity index (χ1v) is 12.3. The molecule has 1 aliphatic heterocycles. The molecule has 1 atom stereocenters. The van der Waals surface area contributed by atoms with Gasteiger partial charge in [0.25, 0.3) is 15.9 Å². The summed E-state index contributed by atoms with van der Waals surface area (Å²) in [4.78, 5) is 15.5. The van der Waals surface area contributed by atoms with Gasteiger partial charge in [0.2, 0.25) is 0 Å². The average molecular weight is 466 g/mol. The van der Waals surface area contributed by atoms with E-state index in [0.29, 0.717) is 31.0 Å². The van der Waals surface area contributed by atoms with E-state index < -0.39 is 10.0 Å². The summed E-state index contributed by atoms with van der Waals surface area (Å²) in [5.74, 6) is -0.213. The highest BCUT2D eigenvalue weighted by atomic mass is 32.2. The Labute approximate surface area is 194 Å². The smallest absolute Gasteiger partial charge is 0.261 e. The van der Waals surface area contributed by atoms with Crippen molar-refractivity contribution in [2.45, 2.75) is 10.9 Å². The van der Waals surface area contributed by atoms with Gasteiger partial charge in [0, 0.05) is 30.9 Å². The largest absolute Gasteiger partial charge is 0.379 e. The molecule has 172 valence electrons. The Morgan fingerprint density at radius 1 is 0.879 bits per heavy atom. The van der Waals surface area contributed by atoms with Crippen molar-refractivity contribution in [3.8, 4) is 0 Å². The van der Waals surface area contributed by atoms with Crippen LogP contribution in [0.25, 0.3) is 0 Å². The van der Waals surface area contributed by atoms with Gasteiger partial charge < -0.3 is 10.1 Å². The van der Waals surface area contributed by atoms with Crippen LogP contribution in [-0.2, 0) is 14.8 Å². The molecule has 0 saturated carbocycles. The molecule has 0 spiro atoms. The van der Waals surface area contributed by atoms with Crippen molar-refractivity contribution in [2.75, 3.05) is 37.6 Å². The van der Waals surface area contributed by atoms with Gasteiger partial charge in [-0.15, -0.1) is 0 Å². The van der Waals surface area contributed by atoms with Crippen LogP contribution in [0.2, 0.25) is 0 Å². The van der Waals surface area contributed by atoms with E-state index in [0.717, 1.165) is 18.7 Å². The SMILES string of the molecule is O=C(N[C@H](CN1CCOCC1)c1ccccc1)c1ccc(NS(=O)(=O)c2ccccc2)cc1. The number of benzene rings is 3. The van der Waals surface area contributed by atoms with Crippen LogP contribution >= 0.6 is 0 Å². The van der Waals surface area contributed by atoms with E-state index in [2.05, 4.69) is 14.9 Å². The molecule has 4 rings (SSSR count). The Morgan fingerprint density at radius 2 is 1.48 bits per heavy atom. The maximum absolute atomic E-state index is 13.0. The lowest BCUT2D eigenvalue weighted by atomic mass is 10.1. The zero-order chi connectivity index (χ0) is 23.1. The van der Waals surface area contributed by atoms with Gasteiger partial charge in [-0.2, -0.15) is 0 Å².